The number of hydrogen-bond acceptors (Lipinski definition) is 6. The number of nitro groups is 1. The smallest absolute Gasteiger partial charge is 0.298 e. The third-order valence-corrected chi connectivity index (χ3v) is 4.73. The number of non-ortho nitro benzene ring substituents is 1. The molecule has 0 heterocycles. The van der Waals surface area contributed by atoms with E-state index in [1.807, 2.05) is 0 Å². The molecule has 3 rings (SSSR count). The van der Waals surface area contributed by atoms with Gasteiger partial charge in [0.15, 0.2) is 0 Å². The van der Waals surface area contributed by atoms with Crippen molar-refractivity contribution in [2.24, 2.45) is 0 Å². The molecule has 0 aliphatic carbocycles. The summed E-state index contributed by atoms with van der Waals surface area (Å²) in [7, 11) is -4.62. The summed E-state index contributed by atoms with van der Waals surface area (Å²) in [4.78, 5) is 22.0. The number of phenols is 1. The lowest BCUT2D eigenvalue weighted by Gasteiger charge is -2.11. The van der Waals surface area contributed by atoms with E-state index in [0.717, 1.165) is 12.1 Å². The van der Waals surface area contributed by atoms with Crippen LogP contribution >= 0.6 is 0 Å². The number of nitro benzene ring substituents is 1. The Morgan fingerprint density at radius 2 is 1.74 bits per heavy atom. The number of amides is 1. The molecule has 0 radical (unpaired) electrons. The van der Waals surface area contributed by atoms with Crippen LogP contribution in [0.4, 0.5) is 11.4 Å². The predicted octanol–water partition coefficient (Wildman–Crippen LogP) is 2.95. The Kier molecular flexibility index (Phi) is 4.52. The fourth-order valence-corrected chi connectivity index (χ4v) is 3.19. The molecule has 10 heteroatoms. The largest absolute Gasteiger partial charge is 0.506 e. The molecule has 0 aliphatic heterocycles. The van der Waals surface area contributed by atoms with Crippen molar-refractivity contribution in [1.82, 2.24) is 0 Å². The fraction of sp³-hybridized carbons (Fsp3) is 0. The van der Waals surface area contributed by atoms with Crippen molar-refractivity contribution in [1.29, 1.82) is 0 Å². The van der Waals surface area contributed by atoms with Crippen molar-refractivity contribution in [2.45, 2.75) is 4.90 Å². The van der Waals surface area contributed by atoms with E-state index >= 15 is 0 Å². The van der Waals surface area contributed by atoms with Gasteiger partial charge in [0, 0.05) is 34.2 Å². The van der Waals surface area contributed by atoms with Crippen LogP contribution in [0.1, 0.15) is 10.4 Å². The van der Waals surface area contributed by atoms with Crippen LogP contribution in [-0.4, -0.2) is 28.9 Å². The van der Waals surface area contributed by atoms with Crippen LogP contribution in [0.25, 0.3) is 10.8 Å². The molecule has 0 unspecified atom stereocenters. The van der Waals surface area contributed by atoms with Gasteiger partial charge >= 0.3 is 0 Å². The number of aromatic hydroxyl groups is 1. The highest BCUT2D eigenvalue weighted by Gasteiger charge is 2.19. The minimum Gasteiger partial charge on any atom is -0.506 e. The van der Waals surface area contributed by atoms with E-state index in [4.69, 9.17) is 4.55 Å². The molecule has 3 aromatic carbocycles. The zero-order chi connectivity index (χ0) is 19.8. The second-order valence-electron chi connectivity index (χ2n) is 5.55. The number of fused-ring (bicyclic) bond motifs is 1. The van der Waals surface area contributed by atoms with Gasteiger partial charge < -0.3 is 10.4 Å². The number of nitrogens with one attached hydrogen (secondary N) is 1. The lowest BCUT2D eigenvalue weighted by molar-refractivity contribution is -0.384. The summed E-state index contributed by atoms with van der Waals surface area (Å²) in [5.41, 5.74) is 0.0668. The van der Waals surface area contributed by atoms with Crippen LogP contribution in [0.2, 0.25) is 0 Å². The summed E-state index contributed by atoms with van der Waals surface area (Å²) in [5.74, 6) is -1.27. The molecule has 1 amide bonds. The Morgan fingerprint density at radius 3 is 2.41 bits per heavy atom. The van der Waals surface area contributed by atoms with E-state index < -0.39 is 31.6 Å². The van der Waals surface area contributed by atoms with Crippen LogP contribution in [0.5, 0.6) is 5.75 Å². The maximum absolute atomic E-state index is 12.4. The summed E-state index contributed by atoms with van der Waals surface area (Å²) >= 11 is 0. The van der Waals surface area contributed by atoms with Gasteiger partial charge in [0.05, 0.1) is 4.92 Å². The van der Waals surface area contributed by atoms with Crippen LogP contribution in [-0.2, 0) is 10.1 Å². The van der Waals surface area contributed by atoms with E-state index in [2.05, 4.69) is 5.32 Å². The molecule has 9 nitrogen and oxygen atoms in total. The molecule has 138 valence electrons. The van der Waals surface area contributed by atoms with Crippen LogP contribution in [0.3, 0.4) is 0 Å². The van der Waals surface area contributed by atoms with Gasteiger partial charge in [-0.1, -0.05) is 24.3 Å². The molecule has 0 atom stereocenters. The maximum Gasteiger partial charge on any atom is 0.298 e. The van der Waals surface area contributed by atoms with Gasteiger partial charge in [-0.2, -0.15) is 8.42 Å². The molecule has 27 heavy (non-hydrogen) atoms. The molecule has 0 saturated heterocycles. The molecule has 3 N–H and O–H groups in total. The number of hydrogen-bond donors (Lipinski definition) is 3. The van der Waals surface area contributed by atoms with E-state index in [1.54, 1.807) is 0 Å². The highest BCUT2D eigenvalue weighted by atomic mass is 32.2. The lowest BCUT2D eigenvalue weighted by Crippen LogP contribution is -2.12. The first-order valence-electron chi connectivity index (χ1n) is 7.46. The van der Waals surface area contributed by atoms with Crippen LogP contribution < -0.4 is 5.32 Å². The third-order valence-electron chi connectivity index (χ3n) is 3.84. The van der Waals surface area contributed by atoms with Gasteiger partial charge in [-0.15, -0.1) is 0 Å². The zero-order valence-corrected chi connectivity index (χ0v) is 14.3. The maximum atomic E-state index is 12.4. The molecule has 0 aromatic heterocycles. The number of nitrogens with zero attached hydrogens (tertiary/aromatic N) is 1. The predicted molar refractivity (Wildman–Crippen MR) is 96.5 cm³/mol. The van der Waals surface area contributed by atoms with Gasteiger partial charge in [0.1, 0.15) is 10.6 Å². The van der Waals surface area contributed by atoms with E-state index in [1.165, 1.54) is 42.5 Å². The monoisotopic (exact) mass is 388 g/mol. The van der Waals surface area contributed by atoms with Crippen molar-refractivity contribution in [3.05, 3.63) is 70.3 Å². The average Bonchev–Trinajstić information content (AvgIpc) is 2.61. The standard InChI is InChI=1S/C17H12N2O7S/c20-16-13-5-2-6-14(12(13)7-8-15(16)27(24,25)26)18-17(21)10-3-1-4-11(9-10)19(22)23/h1-9,20H,(H,18,21)(H,24,25,26). The molecule has 0 bridgehead atoms. The van der Waals surface area contributed by atoms with Crippen molar-refractivity contribution >= 4 is 38.2 Å². The van der Waals surface area contributed by atoms with Gasteiger partial charge in [-0.25, -0.2) is 0 Å². The quantitative estimate of drug-likeness (QED) is 0.354. The summed E-state index contributed by atoms with van der Waals surface area (Å²) in [6.07, 6.45) is 0. The highest BCUT2D eigenvalue weighted by Crippen LogP contribution is 2.35. The number of carbonyl (C=O) groups excluding carboxylic acids is 1. The van der Waals surface area contributed by atoms with Crippen molar-refractivity contribution in [3.8, 4) is 5.75 Å². The van der Waals surface area contributed by atoms with Gasteiger partial charge in [-0.3, -0.25) is 19.5 Å². The van der Waals surface area contributed by atoms with E-state index in [0.29, 0.717) is 5.39 Å². The topological polar surface area (TPSA) is 147 Å². The molecule has 0 saturated carbocycles. The van der Waals surface area contributed by atoms with Gasteiger partial charge in [0.2, 0.25) is 0 Å². The van der Waals surface area contributed by atoms with Crippen LogP contribution in [0, 0.1) is 10.1 Å². The number of anilines is 1. The lowest BCUT2D eigenvalue weighted by atomic mass is 10.1. The first kappa shape index (κ1) is 18.3. The molecule has 0 spiro atoms. The molecular weight excluding hydrogens is 376 g/mol. The summed E-state index contributed by atoms with van der Waals surface area (Å²) in [6.45, 7) is 0. The Labute approximate surface area is 152 Å². The molecule has 3 aromatic rings. The molecule has 0 aliphatic rings. The highest BCUT2D eigenvalue weighted by molar-refractivity contribution is 7.86. The van der Waals surface area contributed by atoms with E-state index in [-0.39, 0.29) is 22.3 Å². The first-order chi connectivity index (χ1) is 12.7. The average molecular weight is 388 g/mol. The second-order valence-corrected chi connectivity index (χ2v) is 6.94. The number of carbonyl (C=O) groups is 1. The fourth-order valence-electron chi connectivity index (χ4n) is 2.59. The van der Waals surface area contributed by atoms with Crippen molar-refractivity contribution < 1.29 is 27.8 Å². The zero-order valence-electron chi connectivity index (χ0n) is 13.5. The normalized spacial score (nSPS) is 11.3. The molecular formula is C17H12N2O7S. The Hall–Kier alpha value is -3.50. The SMILES string of the molecule is O=C(Nc1cccc2c(O)c(S(=O)(=O)O)ccc12)c1cccc([N+](=O)[O-])c1. The van der Waals surface area contributed by atoms with E-state index in [9.17, 15) is 28.4 Å². The second kappa shape index (κ2) is 6.67. The number of phenolic OH excluding ortho intramolecular Hbond substituents is 1. The minimum absolute atomic E-state index is 0.0555. The third kappa shape index (κ3) is 3.57. The summed E-state index contributed by atoms with van der Waals surface area (Å²) < 4.78 is 31.8. The van der Waals surface area contributed by atoms with Gasteiger partial charge in [-0.05, 0) is 18.2 Å². The Bertz CT molecular complexity index is 1190. The number of rotatable bonds is 4. The summed E-state index contributed by atoms with van der Waals surface area (Å²) in [6, 6.07) is 11.9. The summed E-state index contributed by atoms with van der Waals surface area (Å²) in [5, 5.41) is 24.0. The van der Waals surface area contributed by atoms with Gasteiger partial charge in [0.25, 0.3) is 21.7 Å². The Balaban J connectivity index is 2.03. The first-order valence-corrected chi connectivity index (χ1v) is 8.90. The Morgan fingerprint density at radius 1 is 1.04 bits per heavy atom. The van der Waals surface area contributed by atoms with Crippen molar-refractivity contribution in [3.63, 3.8) is 0 Å². The number of benzene rings is 3. The minimum atomic E-state index is -4.62. The van der Waals surface area contributed by atoms with Crippen molar-refractivity contribution in [2.75, 3.05) is 5.32 Å². The molecule has 0 fully saturated rings. The van der Waals surface area contributed by atoms with Crippen LogP contribution in [0.15, 0.2) is 59.5 Å².